The fraction of sp³-hybridized carbons (Fsp3) is 0.667. The molecule has 10 heteroatoms. The number of halogens is 5. The Labute approximate surface area is 202 Å². The number of nitrogens with zero attached hydrogens (tertiary/aromatic N) is 1. The number of amidine groups is 1. The van der Waals surface area contributed by atoms with Crippen molar-refractivity contribution in [3.05, 3.63) is 35.9 Å². The van der Waals surface area contributed by atoms with E-state index in [4.69, 9.17) is 10.5 Å². The molecule has 1 fully saturated rings. The molecule has 0 saturated carbocycles. The van der Waals surface area contributed by atoms with Crippen molar-refractivity contribution in [3.63, 3.8) is 0 Å². The molecule has 3 rings (SSSR count). The summed E-state index contributed by atoms with van der Waals surface area (Å²) in [4.78, 5) is 4.61. The van der Waals surface area contributed by atoms with Crippen LogP contribution >= 0.6 is 37.2 Å². The van der Waals surface area contributed by atoms with Crippen LogP contribution in [0.3, 0.4) is 0 Å². The van der Waals surface area contributed by atoms with Crippen LogP contribution < -0.4 is 16.4 Å². The molecule has 1 aromatic carbocycles. The highest BCUT2D eigenvalue weighted by Gasteiger charge is 2.32. The predicted octanol–water partition coefficient (Wildman–Crippen LogP) is 3.78. The van der Waals surface area contributed by atoms with Crippen molar-refractivity contribution >= 4 is 43.1 Å². The summed E-state index contributed by atoms with van der Waals surface area (Å²) in [5.41, 5.74) is 5.98. The molecule has 2 aliphatic rings. The minimum absolute atomic E-state index is 0. The highest BCUT2D eigenvalue weighted by Crippen LogP contribution is 2.28. The van der Waals surface area contributed by atoms with E-state index in [1.165, 1.54) is 12.1 Å². The van der Waals surface area contributed by atoms with E-state index >= 15 is 0 Å². The van der Waals surface area contributed by atoms with Crippen LogP contribution in [-0.4, -0.2) is 50.8 Å². The van der Waals surface area contributed by atoms with Crippen molar-refractivity contribution in [1.82, 2.24) is 10.6 Å². The first-order valence-electron chi connectivity index (χ1n) is 10.2. The molecule has 0 amide bonds. The Morgan fingerprint density at radius 1 is 1.19 bits per heavy atom. The molecule has 2 aliphatic heterocycles. The zero-order chi connectivity index (χ0) is 20.0. The van der Waals surface area contributed by atoms with Gasteiger partial charge in [0.2, 0.25) is 0 Å². The van der Waals surface area contributed by atoms with Crippen LogP contribution in [0.15, 0.2) is 35.3 Å². The van der Waals surface area contributed by atoms with Gasteiger partial charge in [-0.1, -0.05) is 37.3 Å². The first-order chi connectivity index (χ1) is 13.4. The Bertz CT molecular complexity index is 655. The van der Waals surface area contributed by atoms with E-state index in [2.05, 4.69) is 22.5 Å². The fourth-order valence-electron chi connectivity index (χ4n) is 4.19. The van der Waals surface area contributed by atoms with E-state index in [1.807, 2.05) is 0 Å². The number of nitrogens with one attached hydrogen (secondary N) is 2. The molecule has 0 spiro atoms. The van der Waals surface area contributed by atoms with E-state index in [-0.39, 0.29) is 61.5 Å². The predicted molar refractivity (Wildman–Crippen MR) is 129 cm³/mol. The Kier molecular flexibility index (Phi) is 14.1. The quantitative estimate of drug-likeness (QED) is 0.449. The molecule has 0 bridgehead atoms. The van der Waals surface area contributed by atoms with E-state index in [9.17, 15) is 8.78 Å². The number of aliphatic imine (C=N–C) groups is 1. The molecule has 0 radical (unpaired) electrons. The van der Waals surface area contributed by atoms with Gasteiger partial charge in [0.25, 0.3) is 5.92 Å². The van der Waals surface area contributed by atoms with Crippen LogP contribution in [0.4, 0.5) is 8.78 Å². The highest BCUT2D eigenvalue weighted by molar-refractivity contribution is 5.86. The smallest absolute Gasteiger partial charge is 0.285 e. The SMILES string of the molecule is CC1CC(N)=NC(C[C@@H]2CNC[C@@H]2OCCNCC(F)(F)c2ccccc2)C1.Cl.Cl.Cl. The zero-order valence-corrected chi connectivity index (χ0v) is 20.2. The van der Waals surface area contributed by atoms with Gasteiger partial charge in [-0.05, 0) is 18.8 Å². The second kappa shape index (κ2) is 14.4. The monoisotopic (exact) mass is 502 g/mol. The number of nitrogens with two attached hydrogens (primary N) is 1. The third-order valence-electron chi connectivity index (χ3n) is 5.59. The van der Waals surface area contributed by atoms with Gasteiger partial charge in [-0.25, -0.2) is 0 Å². The maximum absolute atomic E-state index is 14.1. The van der Waals surface area contributed by atoms with E-state index in [0.717, 1.165) is 38.2 Å². The van der Waals surface area contributed by atoms with Gasteiger partial charge in [0, 0.05) is 37.5 Å². The van der Waals surface area contributed by atoms with E-state index in [1.54, 1.807) is 18.2 Å². The summed E-state index contributed by atoms with van der Waals surface area (Å²) in [6, 6.07) is 8.17. The molecule has 1 saturated heterocycles. The van der Waals surface area contributed by atoms with Crippen LogP contribution in [0.2, 0.25) is 0 Å². The number of benzene rings is 1. The lowest BCUT2D eigenvalue weighted by atomic mass is 9.88. The number of rotatable bonds is 9. The Morgan fingerprint density at radius 3 is 2.58 bits per heavy atom. The molecule has 4 atom stereocenters. The minimum Gasteiger partial charge on any atom is -0.387 e. The summed E-state index contributed by atoms with van der Waals surface area (Å²) >= 11 is 0. The maximum atomic E-state index is 14.1. The Hall–Kier alpha value is -0.700. The van der Waals surface area contributed by atoms with Crippen LogP contribution in [0.1, 0.15) is 31.7 Å². The molecule has 4 N–H and O–H groups in total. The van der Waals surface area contributed by atoms with Crippen LogP contribution in [-0.2, 0) is 10.7 Å². The van der Waals surface area contributed by atoms with Crippen molar-refractivity contribution in [1.29, 1.82) is 0 Å². The molecule has 0 aromatic heterocycles. The van der Waals surface area contributed by atoms with Crippen LogP contribution in [0.5, 0.6) is 0 Å². The number of hydrogen-bond acceptors (Lipinski definition) is 5. The van der Waals surface area contributed by atoms with Gasteiger partial charge in [0.15, 0.2) is 0 Å². The van der Waals surface area contributed by atoms with Gasteiger partial charge >= 0.3 is 0 Å². The Balaban J connectivity index is 0.00000300. The van der Waals surface area contributed by atoms with Crippen molar-refractivity contribution in [2.75, 3.05) is 32.8 Å². The summed E-state index contributed by atoms with van der Waals surface area (Å²) in [6.45, 7) is 4.35. The minimum atomic E-state index is -2.88. The van der Waals surface area contributed by atoms with Crippen molar-refractivity contribution in [2.45, 2.75) is 44.3 Å². The van der Waals surface area contributed by atoms with Crippen molar-refractivity contribution in [3.8, 4) is 0 Å². The average Bonchev–Trinajstić information content (AvgIpc) is 3.08. The summed E-state index contributed by atoms with van der Waals surface area (Å²) in [5.74, 6) is -1.16. The lowest BCUT2D eigenvalue weighted by Crippen LogP contribution is -2.35. The molecule has 0 aliphatic carbocycles. The van der Waals surface area contributed by atoms with Crippen molar-refractivity contribution in [2.24, 2.45) is 22.6 Å². The third kappa shape index (κ3) is 9.36. The molecular formula is C21H35Cl3F2N4O. The lowest BCUT2D eigenvalue weighted by Gasteiger charge is -2.27. The molecule has 2 heterocycles. The highest BCUT2D eigenvalue weighted by atomic mass is 35.5. The molecular weight excluding hydrogens is 469 g/mol. The van der Waals surface area contributed by atoms with Gasteiger partial charge in [0.05, 0.1) is 31.1 Å². The third-order valence-corrected chi connectivity index (χ3v) is 5.59. The van der Waals surface area contributed by atoms with Gasteiger partial charge in [-0.2, -0.15) is 8.78 Å². The standard InChI is InChI=1S/C21H32F2N4O.3ClH/c1-15-9-18(27-20(24)10-15)11-16-12-26-13-19(16)28-8-7-25-14-21(22,23)17-5-3-2-4-6-17;;;/h2-6,15-16,18-19,25-26H,7-14H2,1H3,(H2,24,27);3*1H/t15?,16-,18?,19+;;;/m1.../s1. The zero-order valence-electron chi connectivity index (χ0n) is 17.8. The number of alkyl halides is 2. The van der Waals surface area contributed by atoms with Crippen LogP contribution in [0, 0.1) is 11.8 Å². The normalized spacial score (nSPS) is 25.6. The molecule has 5 nitrogen and oxygen atoms in total. The summed E-state index contributed by atoms with van der Waals surface area (Å²) < 4.78 is 34.2. The number of ether oxygens (including phenoxy) is 1. The maximum Gasteiger partial charge on any atom is 0.285 e. The second-order valence-corrected chi connectivity index (χ2v) is 8.13. The fourth-order valence-corrected chi connectivity index (χ4v) is 4.19. The van der Waals surface area contributed by atoms with Crippen molar-refractivity contribution < 1.29 is 13.5 Å². The second-order valence-electron chi connectivity index (χ2n) is 8.13. The molecule has 180 valence electrons. The summed E-state index contributed by atoms with van der Waals surface area (Å²) in [5, 5.41) is 6.20. The summed E-state index contributed by atoms with van der Waals surface area (Å²) in [6.07, 6.45) is 3.02. The molecule has 31 heavy (non-hydrogen) atoms. The van der Waals surface area contributed by atoms with Gasteiger partial charge in [0.1, 0.15) is 0 Å². The van der Waals surface area contributed by atoms with Gasteiger partial charge < -0.3 is 21.1 Å². The van der Waals surface area contributed by atoms with E-state index in [0.29, 0.717) is 25.0 Å². The largest absolute Gasteiger partial charge is 0.387 e. The van der Waals surface area contributed by atoms with Gasteiger partial charge in [-0.15, -0.1) is 37.2 Å². The van der Waals surface area contributed by atoms with E-state index < -0.39 is 5.92 Å². The number of hydrogen-bond donors (Lipinski definition) is 3. The molecule has 2 unspecified atom stereocenters. The molecule has 1 aromatic rings. The Morgan fingerprint density at radius 2 is 1.90 bits per heavy atom. The van der Waals surface area contributed by atoms with Gasteiger partial charge in [-0.3, -0.25) is 4.99 Å². The lowest BCUT2D eigenvalue weighted by molar-refractivity contribution is -0.00837. The first kappa shape index (κ1) is 30.3. The first-order valence-corrected chi connectivity index (χ1v) is 10.2. The topological polar surface area (TPSA) is 71.7 Å². The van der Waals surface area contributed by atoms with Crippen LogP contribution in [0.25, 0.3) is 0 Å². The average molecular weight is 504 g/mol. The summed E-state index contributed by atoms with van der Waals surface area (Å²) in [7, 11) is 0.